The Morgan fingerprint density at radius 3 is 1.91 bits per heavy atom. The predicted octanol–water partition coefficient (Wildman–Crippen LogP) is 3.48. The highest BCUT2D eigenvalue weighted by atomic mass is 16.5. The van der Waals surface area contributed by atoms with Gasteiger partial charge in [-0.15, -0.1) is 0 Å². The second-order valence-electron chi connectivity index (χ2n) is 5.73. The number of rotatable bonds is 7. The lowest BCUT2D eigenvalue weighted by Crippen LogP contribution is -2.31. The van der Waals surface area contributed by atoms with E-state index in [0.29, 0.717) is 6.54 Å². The molecule has 3 nitrogen and oxygen atoms in total. The van der Waals surface area contributed by atoms with Gasteiger partial charge in [0.15, 0.2) is 0 Å². The maximum atomic E-state index is 12.8. The molecule has 0 N–H and O–H groups in total. The largest absolute Gasteiger partial charge is 0.456 e. The van der Waals surface area contributed by atoms with E-state index in [1.54, 1.807) is 6.08 Å². The molecule has 1 atom stereocenters. The van der Waals surface area contributed by atoms with Crippen LogP contribution in [-0.4, -0.2) is 37.6 Å². The van der Waals surface area contributed by atoms with Gasteiger partial charge in [-0.25, -0.2) is 0 Å². The summed E-state index contributed by atoms with van der Waals surface area (Å²) in [6.07, 6.45) is 1.35. The first-order chi connectivity index (χ1) is 11.1. The highest BCUT2D eigenvalue weighted by molar-refractivity contribution is 5.82. The van der Waals surface area contributed by atoms with Crippen molar-refractivity contribution >= 4 is 5.97 Å². The number of carbonyl (C=O) groups is 1. The first-order valence-corrected chi connectivity index (χ1v) is 7.69. The van der Waals surface area contributed by atoms with E-state index in [4.69, 9.17) is 4.74 Å². The Hall–Kier alpha value is -2.39. The molecule has 0 bridgehead atoms. The normalized spacial score (nSPS) is 12.2. The van der Waals surface area contributed by atoms with Gasteiger partial charge in [-0.2, -0.15) is 0 Å². The van der Waals surface area contributed by atoms with E-state index >= 15 is 0 Å². The second-order valence-corrected chi connectivity index (χ2v) is 5.73. The maximum absolute atomic E-state index is 12.8. The third-order valence-electron chi connectivity index (χ3n) is 3.58. The van der Waals surface area contributed by atoms with Gasteiger partial charge in [0.2, 0.25) is 0 Å². The molecular formula is C20H23NO2. The zero-order chi connectivity index (χ0) is 16.7. The number of benzene rings is 2. The summed E-state index contributed by atoms with van der Waals surface area (Å²) in [6, 6.07) is 19.4. The molecule has 0 fully saturated rings. The van der Waals surface area contributed by atoms with Crippen molar-refractivity contribution in [2.45, 2.75) is 12.0 Å². The van der Waals surface area contributed by atoms with Gasteiger partial charge < -0.3 is 9.64 Å². The average molecular weight is 309 g/mol. The third-order valence-corrected chi connectivity index (χ3v) is 3.58. The van der Waals surface area contributed by atoms with E-state index in [1.807, 2.05) is 79.7 Å². The lowest BCUT2D eigenvalue weighted by atomic mass is 9.91. The highest BCUT2D eigenvalue weighted by Gasteiger charge is 2.26. The van der Waals surface area contributed by atoms with Crippen LogP contribution in [0.1, 0.15) is 17.0 Å². The zero-order valence-corrected chi connectivity index (χ0v) is 13.7. The summed E-state index contributed by atoms with van der Waals surface area (Å²) in [6.45, 7) is 4.38. The van der Waals surface area contributed by atoms with E-state index in [9.17, 15) is 4.79 Å². The van der Waals surface area contributed by atoms with Crippen molar-refractivity contribution in [3.05, 3.63) is 84.4 Å². The van der Waals surface area contributed by atoms with Gasteiger partial charge in [0.1, 0.15) is 12.0 Å². The van der Waals surface area contributed by atoms with Gasteiger partial charge in [-0.1, -0.05) is 73.3 Å². The van der Waals surface area contributed by atoms with Crippen LogP contribution in [0.5, 0.6) is 0 Å². The number of nitrogens with zero attached hydrogens (tertiary/aromatic N) is 1. The van der Waals surface area contributed by atoms with Crippen molar-refractivity contribution in [3.8, 4) is 0 Å². The highest BCUT2D eigenvalue weighted by Crippen LogP contribution is 2.26. The van der Waals surface area contributed by atoms with Crippen LogP contribution in [0.3, 0.4) is 0 Å². The SMILES string of the molecule is C=CC(CN(C)C)OC(=O)C(c1ccccc1)c1ccccc1. The molecule has 0 spiro atoms. The van der Waals surface area contributed by atoms with Crippen molar-refractivity contribution in [1.29, 1.82) is 0 Å². The Kier molecular flexibility index (Phi) is 6.12. The molecule has 0 saturated carbocycles. The van der Waals surface area contributed by atoms with Crippen LogP contribution < -0.4 is 0 Å². The number of ether oxygens (including phenoxy) is 1. The first-order valence-electron chi connectivity index (χ1n) is 7.69. The summed E-state index contributed by atoms with van der Waals surface area (Å²) in [7, 11) is 3.88. The Bertz CT molecular complexity index is 583. The van der Waals surface area contributed by atoms with Crippen molar-refractivity contribution in [2.24, 2.45) is 0 Å². The molecule has 0 saturated heterocycles. The number of hydrogen-bond acceptors (Lipinski definition) is 3. The lowest BCUT2D eigenvalue weighted by Gasteiger charge is -2.22. The summed E-state index contributed by atoms with van der Waals surface area (Å²) >= 11 is 0. The second kappa shape index (κ2) is 8.30. The minimum Gasteiger partial charge on any atom is -0.456 e. The number of likely N-dealkylation sites (N-methyl/N-ethyl adjacent to an activating group) is 1. The molecule has 0 aliphatic carbocycles. The molecule has 23 heavy (non-hydrogen) atoms. The van der Waals surface area contributed by atoms with E-state index in [-0.39, 0.29) is 12.1 Å². The van der Waals surface area contributed by atoms with Crippen LogP contribution in [0.15, 0.2) is 73.3 Å². The third kappa shape index (κ3) is 4.80. The standard InChI is InChI=1S/C20H23NO2/c1-4-18(15-21(2)3)23-20(22)19(16-11-7-5-8-12-16)17-13-9-6-10-14-17/h4-14,18-19H,1,15H2,2-3H3. The summed E-state index contributed by atoms with van der Waals surface area (Å²) in [5, 5.41) is 0. The van der Waals surface area contributed by atoms with Crippen LogP contribution in [-0.2, 0) is 9.53 Å². The Morgan fingerprint density at radius 1 is 1.04 bits per heavy atom. The molecule has 0 aliphatic rings. The first kappa shape index (κ1) is 17.0. The van der Waals surface area contributed by atoms with Gasteiger partial charge in [0, 0.05) is 6.54 Å². The van der Waals surface area contributed by atoms with Gasteiger partial charge in [-0.3, -0.25) is 4.79 Å². The van der Waals surface area contributed by atoms with Crippen LogP contribution in [0, 0.1) is 0 Å². The van der Waals surface area contributed by atoms with Crippen LogP contribution in [0.25, 0.3) is 0 Å². The molecule has 0 heterocycles. The lowest BCUT2D eigenvalue weighted by molar-refractivity contribution is -0.148. The van der Waals surface area contributed by atoms with E-state index < -0.39 is 5.92 Å². The van der Waals surface area contributed by atoms with Gasteiger partial charge >= 0.3 is 5.97 Å². The molecule has 120 valence electrons. The van der Waals surface area contributed by atoms with Gasteiger partial charge in [0.25, 0.3) is 0 Å². The Labute approximate surface area is 138 Å². The summed E-state index contributed by atoms with van der Waals surface area (Å²) in [4.78, 5) is 14.8. The summed E-state index contributed by atoms with van der Waals surface area (Å²) in [5.74, 6) is -0.684. The van der Waals surface area contributed by atoms with Gasteiger partial charge in [-0.05, 0) is 25.2 Å². The van der Waals surface area contributed by atoms with Crippen LogP contribution in [0.4, 0.5) is 0 Å². The van der Waals surface area contributed by atoms with E-state index in [0.717, 1.165) is 11.1 Å². The molecule has 3 heteroatoms. The molecule has 2 aromatic rings. The number of carbonyl (C=O) groups excluding carboxylic acids is 1. The fraction of sp³-hybridized carbons (Fsp3) is 0.250. The predicted molar refractivity (Wildman–Crippen MR) is 93.4 cm³/mol. The minimum absolute atomic E-state index is 0.255. The van der Waals surface area contributed by atoms with Crippen molar-refractivity contribution in [1.82, 2.24) is 4.90 Å². The van der Waals surface area contributed by atoms with E-state index in [2.05, 4.69) is 6.58 Å². The molecule has 0 amide bonds. The minimum atomic E-state index is -0.429. The fourth-order valence-electron chi connectivity index (χ4n) is 2.49. The number of esters is 1. The molecular weight excluding hydrogens is 286 g/mol. The maximum Gasteiger partial charge on any atom is 0.318 e. The molecule has 0 aliphatic heterocycles. The summed E-state index contributed by atoms with van der Waals surface area (Å²) < 4.78 is 5.68. The summed E-state index contributed by atoms with van der Waals surface area (Å²) in [5.41, 5.74) is 1.85. The molecule has 2 aromatic carbocycles. The Morgan fingerprint density at radius 2 is 1.52 bits per heavy atom. The number of hydrogen-bond donors (Lipinski definition) is 0. The zero-order valence-electron chi connectivity index (χ0n) is 13.7. The van der Waals surface area contributed by atoms with Crippen molar-refractivity contribution in [2.75, 3.05) is 20.6 Å². The van der Waals surface area contributed by atoms with Gasteiger partial charge in [0.05, 0.1) is 0 Å². The quantitative estimate of drug-likeness (QED) is 0.579. The van der Waals surface area contributed by atoms with Crippen LogP contribution >= 0.6 is 0 Å². The molecule has 0 aromatic heterocycles. The molecule has 0 radical (unpaired) electrons. The monoisotopic (exact) mass is 309 g/mol. The van der Waals surface area contributed by atoms with E-state index in [1.165, 1.54) is 0 Å². The Balaban J connectivity index is 2.27. The van der Waals surface area contributed by atoms with Crippen molar-refractivity contribution < 1.29 is 9.53 Å². The fourth-order valence-corrected chi connectivity index (χ4v) is 2.49. The smallest absolute Gasteiger partial charge is 0.318 e. The van der Waals surface area contributed by atoms with Crippen molar-refractivity contribution in [3.63, 3.8) is 0 Å². The molecule has 1 unspecified atom stereocenters. The van der Waals surface area contributed by atoms with Crippen LogP contribution in [0.2, 0.25) is 0 Å². The average Bonchev–Trinajstić information content (AvgIpc) is 2.56. The molecule has 2 rings (SSSR count). The topological polar surface area (TPSA) is 29.5 Å².